The van der Waals surface area contributed by atoms with Crippen molar-refractivity contribution in [2.24, 2.45) is 0 Å². The molecule has 4 rings (SSSR count). The number of pyridine rings is 1. The summed E-state index contributed by atoms with van der Waals surface area (Å²) < 4.78 is 7.56. The zero-order valence-electron chi connectivity index (χ0n) is 24.1. The number of carboxylic acids is 1. The van der Waals surface area contributed by atoms with Gasteiger partial charge in [-0.05, 0) is 51.8 Å². The molecule has 2 amide bonds. The van der Waals surface area contributed by atoms with Crippen LogP contribution >= 0.6 is 0 Å². The van der Waals surface area contributed by atoms with Gasteiger partial charge in [-0.3, -0.25) is 4.90 Å². The number of carboxylic acid groups (broad SMARTS) is 2. The second-order valence-electron chi connectivity index (χ2n) is 11.3. The second kappa shape index (κ2) is 13.1. The summed E-state index contributed by atoms with van der Waals surface area (Å²) in [5, 5.41) is 31.3. The molecule has 0 saturated carbocycles. The number of aliphatic carboxylic acids is 1. The molecular weight excluding hydrogens is 544 g/mol. The highest BCUT2D eigenvalue weighted by Gasteiger charge is 2.40. The molecule has 3 aromatic rings. The quantitative estimate of drug-likeness (QED) is 0.261. The van der Waals surface area contributed by atoms with E-state index >= 15 is 0 Å². The number of hydrogen-bond acceptors (Lipinski definition) is 8. The van der Waals surface area contributed by atoms with E-state index in [1.165, 1.54) is 0 Å². The first-order valence-electron chi connectivity index (χ1n) is 14.0. The van der Waals surface area contributed by atoms with Gasteiger partial charge in [-0.25, -0.2) is 24.4 Å². The third-order valence-electron chi connectivity index (χ3n) is 6.91. The Labute approximate surface area is 243 Å². The summed E-state index contributed by atoms with van der Waals surface area (Å²) in [6.07, 6.45) is 1.30. The molecule has 2 aromatic heterocycles. The van der Waals surface area contributed by atoms with Crippen molar-refractivity contribution in [2.45, 2.75) is 64.3 Å². The number of carbonyl (C=O) groups is 3. The van der Waals surface area contributed by atoms with Crippen LogP contribution in [0.5, 0.6) is 0 Å². The number of hydrogen-bond donors (Lipinski definition) is 4. The van der Waals surface area contributed by atoms with Gasteiger partial charge in [0.15, 0.2) is 0 Å². The molecule has 1 aromatic carbocycles. The van der Waals surface area contributed by atoms with Crippen molar-refractivity contribution in [3.05, 3.63) is 42.7 Å². The van der Waals surface area contributed by atoms with E-state index in [-0.39, 0.29) is 19.6 Å². The van der Waals surface area contributed by atoms with Crippen molar-refractivity contribution in [2.75, 3.05) is 31.6 Å². The number of aliphatic hydroxyl groups excluding tert-OH is 1. The summed E-state index contributed by atoms with van der Waals surface area (Å²) in [6.45, 7) is 6.89. The van der Waals surface area contributed by atoms with Crippen LogP contribution in [0.25, 0.3) is 22.3 Å². The monoisotopic (exact) mass is 582 g/mol. The van der Waals surface area contributed by atoms with Gasteiger partial charge in [-0.1, -0.05) is 18.2 Å². The van der Waals surface area contributed by atoms with E-state index in [1.54, 1.807) is 17.3 Å². The smallest absolute Gasteiger partial charge is 0.410 e. The van der Waals surface area contributed by atoms with Gasteiger partial charge in [0, 0.05) is 50.8 Å². The average Bonchev–Trinajstić information content (AvgIpc) is 3.54. The number of aryl methyl sites for hydroxylation is 1. The predicted octanol–water partition coefficient (Wildman–Crippen LogP) is 3.73. The fraction of sp³-hybridized carbons (Fsp3) is 0.483. The highest BCUT2D eigenvalue weighted by Crippen LogP contribution is 2.29. The summed E-state index contributed by atoms with van der Waals surface area (Å²) in [5.74, 6) is -0.667. The minimum absolute atomic E-state index is 0.0194. The van der Waals surface area contributed by atoms with Crippen LogP contribution in [0.1, 0.15) is 40.0 Å². The minimum Gasteiger partial charge on any atom is -0.480 e. The molecule has 42 heavy (non-hydrogen) atoms. The van der Waals surface area contributed by atoms with Crippen molar-refractivity contribution in [3.8, 4) is 11.3 Å². The van der Waals surface area contributed by atoms with Gasteiger partial charge in [0.25, 0.3) is 0 Å². The highest BCUT2D eigenvalue weighted by molar-refractivity contribution is 5.91. The standard InChI is InChI=1S/C29H38N6O7/c1-29(2,3)42-28(41)33(14-7-15-36)12-6-13-34-18-30-22-10-4-8-20(25(22)34)21-9-5-11-24(32-21)31-19-16-23(26(37)38)35(17-19)27(39)40/h4-5,8-11,18-19,23,36H,6-7,12-17H2,1-3H3,(H,31,32)(H,37,38)(H,39,40)/t19-,23-/m0/s1. The van der Waals surface area contributed by atoms with Crippen LogP contribution in [0.3, 0.4) is 0 Å². The molecule has 0 radical (unpaired) electrons. The minimum atomic E-state index is -1.27. The summed E-state index contributed by atoms with van der Waals surface area (Å²) in [5.41, 5.74) is 2.57. The third kappa shape index (κ3) is 7.46. The van der Waals surface area contributed by atoms with Crippen molar-refractivity contribution >= 4 is 35.0 Å². The lowest BCUT2D eigenvalue weighted by Gasteiger charge is -2.27. The fourth-order valence-electron chi connectivity index (χ4n) is 5.08. The van der Waals surface area contributed by atoms with E-state index < -0.39 is 35.8 Å². The van der Waals surface area contributed by atoms with Gasteiger partial charge in [-0.2, -0.15) is 0 Å². The molecule has 1 aliphatic rings. The molecule has 1 fully saturated rings. The van der Waals surface area contributed by atoms with E-state index in [0.717, 1.165) is 21.5 Å². The number of ether oxygens (including phenoxy) is 1. The molecule has 3 heterocycles. The molecule has 0 spiro atoms. The van der Waals surface area contributed by atoms with E-state index in [9.17, 15) is 29.7 Å². The molecule has 1 saturated heterocycles. The average molecular weight is 583 g/mol. The topological polar surface area (TPSA) is 170 Å². The van der Waals surface area contributed by atoms with E-state index in [2.05, 4.69) is 10.3 Å². The number of aromatic nitrogens is 3. The molecule has 13 heteroatoms. The molecule has 4 N–H and O–H groups in total. The lowest BCUT2D eigenvalue weighted by molar-refractivity contribution is -0.141. The fourth-order valence-corrected chi connectivity index (χ4v) is 5.08. The van der Waals surface area contributed by atoms with Crippen LogP contribution in [-0.2, 0) is 16.1 Å². The molecular formula is C29H38N6O7. The van der Waals surface area contributed by atoms with Crippen molar-refractivity contribution in [1.82, 2.24) is 24.3 Å². The van der Waals surface area contributed by atoms with Gasteiger partial charge in [0.2, 0.25) is 0 Å². The van der Waals surface area contributed by atoms with Crippen molar-refractivity contribution in [1.29, 1.82) is 0 Å². The van der Waals surface area contributed by atoms with E-state index in [0.29, 0.717) is 44.0 Å². The predicted molar refractivity (Wildman–Crippen MR) is 155 cm³/mol. The second-order valence-corrected chi connectivity index (χ2v) is 11.3. The number of fused-ring (bicyclic) bond motifs is 1. The SMILES string of the molecule is CC(C)(C)OC(=O)N(CCCO)CCCn1cnc2cccc(-c3cccc(N[C@H]4C[C@@H](C(=O)O)N(C(=O)O)C4)n3)c21. The molecule has 226 valence electrons. The Morgan fingerprint density at radius 3 is 2.50 bits per heavy atom. The Balaban J connectivity index is 1.50. The number of benzene rings is 1. The first-order chi connectivity index (χ1) is 20.0. The Bertz CT molecular complexity index is 1400. The normalized spacial score (nSPS) is 16.9. The first kappa shape index (κ1) is 30.6. The van der Waals surface area contributed by atoms with Crippen molar-refractivity contribution in [3.63, 3.8) is 0 Å². The maximum absolute atomic E-state index is 12.7. The number of likely N-dealkylation sites (tertiary alicyclic amines) is 1. The summed E-state index contributed by atoms with van der Waals surface area (Å²) >= 11 is 0. The molecule has 0 unspecified atom stereocenters. The Morgan fingerprint density at radius 1 is 1.10 bits per heavy atom. The van der Waals surface area contributed by atoms with Gasteiger partial charge in [0.1, 0.15) is 17.5 Å². The van der Waals surface area contributed by atoms with Crippen molar-refractivity contribution < 1.29 is 34.4 Å². The Hall–Kier alpha value is -4.39. The zero-order chi connectivity index (χ0) is 30.4. The van der Waals surface area contributed by atoms with Gasteiger partial charge in [-0.15, -0.1) is 0 Å². The lowest BCUT2D eigenvalue weighted by atomic mass is 10.1. The van der Waals surface area contributed by atoms with E-state index in [4.69, 9.17) is 9.72 Å². The number of anilines is 1. The maximum atomic E-state index is 12.7. The highest BCUT2D eigenvalue weighted by atomic mass is 16.6. The number of para-hydroxylation sites is 1. The maximum Gasteiger partial charge on any atom is 0.410 e. The largest absolute Gasteiger partial charge is 0.480 e. The molecule has 13 nitrogen and oxygen atoms in total. The first-order valence-corrected chi connectivity index (χ1v) is 14.0. The Kier molecular flexibility index (Phi) is 9.51. The van der Waals surface area contributed by atoms with Crippen LogP contribution < -0.4 is 5.32 Å². The summed E-state index contributed by atoms with van der Waals surface area (Å²) in [4.78, 5) is 47.6. The van der Waals surface area contributed by atoms with Gasteiger partial charge < -0.3 is 34.8 Å². The third-order valence-corrected chi connectivity index (χ3v) is 6.91. The molecule has 0 aliphatic carbocycles. The summed E-state index contributed by atoms with van der Waals surface area (Å²) in [6, 6.07) is 9.72. The number of imidazole rings is 1. The molecule has 2 atom stereocenters. The number of aliphatic hydroxyl groups is 1. The van der Waals surface area contributed by atoms with Gasteiger partial charge >= 0.3 is 18.2 Å². The number of amides is 2. The number of rotatable bonds is 11. The zero-order valence-corrected chi connectivity index (χ0v) is 24.1. The van der Waals surface area contributed by atoms with Crippen LogP contribution in [-0.4, -0.2) is 102 Å². The molecule has 0 bridgehead atoms. The van der Waals surface area contributed by atoms with E-state index in [1.807, 2.05) is 55.7 Å². The van der Waals surface area contributed by atoms with Crippen LogP contribution in [0.4, 0.5) is 15.4 Å². The molecule has 1 aliphatic heterocycles. The summed E-state index contributed by atoms with van der Waals surface area (Å²) in [7, 11) is 0. The number of nitrogens with zero attached hydrogens (tertiary/aromatic N) is 5. The lowest BCUT2D eigenvalue weighted by Crippen LogP contribution is -2.39. The Morgan fingerprint density at radius 2 is 1.83 bits per heavy atom. The number of carbonyl (C=O) groups excluding carboxylic acids is 1. The van der Waals surface area contributed by atoms with Gasteiger partial charge in [0.05, 0.1) is 23.1 Å². The van der Waals surface area contributed by atoms with Crippen LogP contribution in [0.15, 0.2) is 42.7 Å². The van der Waals surface area contributed by atoms with Crippen LogP contribution in [0, 0.1) is 0 Å². The van der Waals surface area contributed by atoms with Crippen LogP contribution in [0.2, 0.25) is 0 Å². The number of nitrogens with one attached hydrogen (secondary N) is 1.